The van der Waals surface area contributed by atoms with Crippen molar-refractivity contribution in [3.63, 3.8) is 0 Å². The van der Waals surface area contributed by atoms with E-state index in [1.165, 1.54) is 16.8 Å². The fourth-order valence-corrected chi connectivity index (χ4v) is 2.52. The van der Waals surface area contributed by atoms with Crippen LogP contribution in [0, 0.1) is 11.5 Å². The average Bonchev–Trinajstić information content (AvgIpc) is 3.02. The lowest BCUT2D eigenvalue weighted by Crippen LogP contribution is -2.33. The highest BCUT2D eigenvalue weighted by Crippen LogP contribution is 2.31. The number of fused-ring (bicyclic) bond motifs is 1. The highest BCUT2D eigenvalue weighted by molar-refractivity contribution is 5.76. The normalized spacial score (nSPS) is 28.1. The number of rotatable bonds is 2. The third-order valence-corrected chi connectivity index (χ3v) is 3.66. The van der Waals surface area contributed by atoms with Crippen molar-refractivity contribution in [2.45, 2.75) is 24.5 Å². The van der Waals surface area contributed by atoms with Gasteiger partial charge in [0.25, 0.3) is 5.56 Å². The Morgan fingerprint density at radius 3 is 2.77 bits per heavy atom. The Hall–Kier alpha value is -2.45. The van der Waals surface area contributed by atoms with Gasteiger partial charge in [0.15, 0.2) is 18.1 Å². The molecular formula is C12H13N5O5. The Bertz CT molecular complexity index is 822. The molecule has 1 unspecified atom stereocenters. The van der Waals surface area contributed by atoms with Crippen molar-refractivity contribution < 1.29 is 20.1 Å². The maximum Gasteiger partial charge on any atom is 0.277 e. The second kappa shape index (κ2) is 5.08. The number of hydrogen-bond acceptors (Lipinski definition) is 8. The van der Waals surface area contributed by atoms with Crippen LogP contribution in [-0.4, -0.2) is 54.4 Å². The van der Waals surface area contributed by atoms with E-state index in [9.17, 15) is 15.0 Å². The monoisotopic (exact) mass is 307 g/mol. The molecule has 4 atom stereocenters. The minimum atomic E-state index is -1.31. The van der Waals surface area contributed by atoms with E-state index in [-0.39, 0.29) is 17.0 Å². The predicted octanol–water partition coefficient (Wildman–Crippen LogP) is -2.28. The Balaban J connectivity index is 2.14. The fourth-order valence-electron chi connectivity index (χ4n) is 2.52. The standard InChI is InChI=1S/C12H13N5O5/c13-4-17-10(21)5-1-2-16(9(5)15-12(17)14)11-8(20)7(19)6(3-18)22-11/h1-2,6-8,11,18-20H,3H2,(H2,14,15)/t6-,7-,8+,11?/m1/s1. The molecule has 3 rings (SSSR count). The van der Waals surface area contributed by atoms with Gasteiger partial charge >= 0.3 is 0 Å². The van der Waals surface area contributed by atoms with Crippen molar-refractivity contribution in [2.75, 3.05) is 12.3 Å². The number of aliphatic hydroxyl groups is 3. The lowest BCUT2D eigenvalue weighted by Gasteiger charge is -2.17. The third-order valence-electron chi connectivity index (χ3n) is 3.66. The van der Waals surface area contributed by atoms with Gasteiger partial charge in [-0.1, -0.05) is 0 Å². The molecule has 10 nitrogen and oxygen atoms in total. The fraction of sp³-hybridized carbons (Fsp3) is 0.417. The van der Waals surface area contributed by atoms with Crippen molar-refractivity contribution in [1.29, 1.82) is 5.26 Å². The minimum absolute atomic E-state index is 0.115. The van der Waals surface area contributed by atoms with E-state index in [1.54, 1.807) is 6.19 Å². The van der Waals surface area contributed by atoms with Crippen molar-refractivity contribution >= 4 is 17.0 Å². The highest BCUT2D eigenvalue weighted by Gasteiger charge is 2.43. The summed E-state index contributed by atoms with van der Waals surface area (Å²) in [6, 6.07) is 1.41. The zero-order chi connectivity index (χ0) is 16.0. The van der Waals surface area contributed by atoms with E-state index >= 15 is 0 Å². The summed E-state index contributed by atoms with van der Waals surface area (Å²) in [5, 5.41) is 37.9. The first-order chi connectivity index (χ1) is 10.5. The van der Waals surface area contributed by atoms with Gasteiger partial charge in [-0.3, -0.25) is 4.79 Å². The van der Waals surface area contributed by atoms with Crippen LogP contribution in [0.3, 0.4) is 0 Å². The molecule has 116 valence electrons. The molecule has 10 heteroatoms. The van der Waals surface area contributed by atoms with Crippen molar-refractivity contribution in [3.8, 4) is 6.19 Å². The summed E-state index contributed by atoms with van der Waals surface area (Å²) < 4.78 is 7.36. The summed E-state index contributed by atoms with van der Waals surface area (Å²) in [5.74, 6) is -0.299. The number of aliphatic hydroxyl groups excluding tert-OH is 3. The summed E-state index contributed by atoms with van der Waals surface area (Å²) >= 11 is 0. The molecule has 2 aromatic rings. The number of nitrogen functional groups attached to an aromatic ring is 1. The molecule has 1 aliphatic heterocycles. The summed E-state index contributed by atoms with van der Waals surface area (Å²) in [6.07, 6.45) is -1.52. The number of aromatic nitrogens is 3. The molecule has 0 bridgehead atoms. The Kier molecular flexibility index (Phi) is 3.34. The van der Waals surface area contributed by atoms with Gasteiger partial charge in [0.05, 0.1) is 12.0 Å². The summed E-state index contributed by atoms with van der Waals surface area (Å²) in [6.45, 7) is -0.468. The molecule has 0 spiro atoms. The molecule has 2 aromatic heterocycles. The van der Waals surface area contributed by atoms with Crippen LogP contribution in [0.1, 0.15) is 6.23 Å². The maximum atomic E-state index is 12.1. The zero-order valence-electron chi connectivity index (χ0n) is 11.2. The average molecular weight is 307 g/mol. The quantitative estimate of drug-likeness (QED) is 0.483. The second-order valence-electron chi connectivity index (χ2n) is 4.90. The summed E-state index contributed by atoms with van der Waals surface area (Å²) in [4.78, 5) is 16.1. The van der Waals surface area contributed by atoms with E-state index < -0.39 is 36.7 Å². The molecule has 1 fully saturated rings. The number of anilines is 1. The number of nitrogens with zero attached hydrogens (tertiary/aromatic N) is 4. The van der Waals surface area contributed by atoms with E-state index in [0.717, 1.165) is 0 Å². The SMILES string of the molecule is N#Cn1c(N)nc2c(ccn2C2O[C@H](CO)[C@@H](O)[C@@H]2O)c1=O. The van der Waals surface area contributed by atoms with Gasteiger partial charge in [0.1, 0.15) is 18.3 Å². The first-order valence-corrected chi connectivity index (χ1v) is 6.41. The smallest absolute Gasteiger partial charge is 0.277 e. The number of ether oxygens (including phenoxy) is 1. The zero-order valence-corrected chi connectivity index (χ0v) is 11.2. The lowest BCUT2D eigenvalue weighted by molar-refractivity contribution is -0.0508. The van der Waals surface area contributed by atoms with Gasteiger partial charge in [-0.2, -0.15) is 14.8 Å². The molecule has 0 amide bonds. The molecule has 0 aromatic carbocycles. The van der Waals surface area contributed by atoms with Crippen molar-refractivity contribution in [1.82, 2.24) is 14.1 Å². The topological polar surface area (TPSA) is 160 Å². The molecule has 3 heterocycles. The van der Waals surface area contributed by atoms with Crippen LogP contribution in [-0.2, 0) is 4.74 Å². The third kappa shape index (κ3) is 1.88. The maximum absolute atomic E-state index is 12.1. The van der Waals surface area contributed by atoms with Crippen LogP contribution in [0.4, 0.5) is 5.95 Å². The molecule has 1 saturated heterocycles. The van der Waals surface area contributed by atoms with Crippen LogP contribution >= 0.6 is 0 Å². The molecule has 1 aliphatic rings. The van der Waals surface area contributed by atoms with Gasteiger partial charge in [-0.05, 0) is 6.07 Å². The van der Waals surface area contributed by atoms with Crippen LogP contribution in [0.25, 0.3) is 11.0 Å². The molecule has 22 heavy (non-hydrogen) atoms. The Morgan fingerprint density at radius 2 is 2.18 bits per heavy atom. The van der Waals surface area contributed by atoms with Crippen LogP contribution in [0.5, 0.6) is 0 Å². The van der Waals surface area contributed by atoms with Crippen molar-refractivity contribution in [2.24, 2.45) is 0 Å². The highest BCUT2D eigenvalue weighted by atomic mass is 16.6. The van der Waals surface area contributed by atoms with Crippen LogP contribution < -0.4 is 11.3 Å². The van der Waals surface area contributed by atoms with Crippen molar-refractivity contribution in [3.05, 3.63) is 22.6 Å². The molecular weight excluding hydrogens is 294 g/mol. The first kappa shape index (κ1) is 14.5. The number of nitriles is 1. The second-order valence-corrected chi connectivity index (χ2v) is 4.90. The lowest BCUT2D eigenvalue weighted by atomic mass is 10.1. The Morgan fingerprint density at radius 1 is 1.45 bits per heavy atom. The minimum Gasteiger partial charge on any atom is -0.394 e. The van der Waals surface area contributed by atoms with E-state index in [4.69, 9.17) is 20.8 Å². The summed E-state index contributed by atoms with van der Waals surface area (Å²) in [5.41, 5.74) is 5.04. The molecule has 0 saturated carbocycles. The van der Waals surface area contributed by atoms with Crippen LogP contribution in [0.15, 0.2) is 17.1 Å². The van der Waals surface area contributed by atoms with E-state index in [2.05, 4.69) is 4.98 Å². The van der Waals surface area contributed by atoms with E-state index in [1.807, 2.05) is 0 Å². The molecule has 0 aliphatic carbocycles. The largest absolute Gasteiger partial charge is 0.394 e. The van der Waals surface area contributed by atoms with Crippen LogP contribution in [0.2, 0.25) is 0 Å². The van der Waals surface area contributed by atoms with Gasteiger partial charge < -0.3 is 30.4 Å². The van der Waals surface area contributed by atoms with Gasteiger partial charge in [-0.25, -0.2) is 0 Å². The number of hydrogen-bond donors (Lipinski definition) is 4. The predicted molar refractivity (Wildman–Crippen MR) is 72.4 cm³/mol. The first-order valence-electron chi connectivity index (χ1n) is 6.41. The molecule has 5 N–H and O–H groups in total. The summed E-state index contributed by atoms with van der Waals surface area (Å²) in [7, 11) is 0. The number of nitrogens with two attached hydrogens (primary N) is 1. The van der Waals surface area contributed by atoms with Gasteiger partial charge in [-0.15, -0.1) is 0 Å². The molecule has 0 radical (unpaired) electrons. The Labute approximate surface area is 123 Å². The van der Waals surface area contributed by atoms with Gasteiger partial charge in [0.2, 0.25) is 5.95 Å². The van der Waals surface area contributed by atoms with E-state index in [0.29, 0.717) is 4.57 Å². The van der Waals surface area contributed by atoms with Gasteiger partial charge in [0, 0.05) is 6.20 Å².